The van der Waals surface area contributed by atoms with E-state index in [0.29, 0.717) is 5.92 Å². The second-order valence-electron chi connectivity index (χ2n) is 6.35. The van der Waals surface area contributed by atoms with Crippen molar-refractivity contribution in [2.45, 2.75) is 45.4 Å². The lowest BCUT2D eigenvalue weighted by molar-refractivity contribution is -0.293. The van der Waals surface area contributed by atoms with Crippen molar-refractivity contribution in [3.63, 3.8) is 0 Å². The first kappa shape index (κ1) is 18.0. The van der Waals surface area contributed by atoms with Crippen LogP contribution >= 0.6 is 0 Å². The van der Waals surface area contributed by atoms with Crippen LogP contribution in [0.3, 0.4) is 0 Å². The van der Waals surface area contributed by atoms with Crippen LogP contribution in [0.4, 0.5) is 0 Å². The molecule has 0 bridgehead atoms. The monoisotopic (exact) mass is 320 g/mol. The molecule has 1 aliphatic heterocycles. The molecule has 1 saturated heterocycles. The predicted octanol–water partition coefficient (Wildman–Crippen LogP) is 3.97. The summed E-state index contributed by atoms with van der Waals surface area (Å²) in [5.41, 5.74) is 0.979. The molecule has 0 aliphatic carbocycles. The average molecular weight is 320 g/mol. The summed E-state index contributed by atoms with van der Waals surface area (Å²) in [6.45, 7) is 10.4. The Hall–Kier alpha value is -1.36. The standard InChI is InChI=1S/C19H28O4/c1-7-16(21-6)18-13(4)17(12(2)3)22-19(23-18)14-8-10-15(20-5)11-9-14/h7-13,16-19H,1H2,2-6H3/t13-,16+,17-,18-,19-/m1/s1. The zero-order valence-electron chi connectivity index (χ0n) is 14.7. The number of hydrogen-bond donors (Lipinski definition) is 0. The van der Waals surface area contributed by atoms with Gasteiger partial charge in [-0.3, -0.25) is 0 Å². The average Bonchev–Trinajstić information content (AvgIpc) is 2.57. The van der Waals surface area contributed by atoms with Crippen LogP contribution in [0.1, 0.15) is 32.6 Å². The SMILES string of the molecule is C=C[C@H](OC)[C@@H]1O[C@H](c2ccc(OC)cc2)O[C@H](C(C)C)[C@H]1C. The van der Waals surface area contributed by atoms with Crippen molar-refractivity contribution in [1.82, 2.24) is 0 Å². The van der Waals surface area contributed by atoms with Crippen molar-refractivity contribution >= 4 is 0 Å². The topological polar surface area (TPSA) is 36.9 Å². The van der Waals surface area contributed by atoms with Gasteiger partial charge in [0.05, 0.1) is 19.3 Å². The molecule has 128 valence electrons. The predicted molar refractivity (Wildman–Crippen MR) is 90.5 cm³/mol. The van der Waals surface area contributed by atoms with E-state index in [1.165, 1.54) is 0 Å². The molecule has 0 unspecified atom stereocenters. The highest BCUT2D eigenvalue weighted by atomic mass is 16.7. The Morgan fingerprint density at radius 1 is 1.09 bits per heavy atom. The van der Waals surface area contributed by atoms with Gasteiger partial charge in [0.2, 0.25) is 0 Å². The summed E-state index contributed by atoms with van der Waals surface area (Å²) < 4.78 is 23.2. The molecule has 1 fully saturated rings. The second-order valence-corrected chi connectivity index (χ2v) is 6.35. The summed E-state index contributed by atoms with van der Waals surface area (Å²) in [4.78, 5) is 0. The van der Waals surface area contributed by atoms with Crippen molar-refractivity contribution in [3.8, 4) is 5.75 Å². The van der Waals surface area contributed by atoms with E-state index in [0.717, 1.165) is 11.3 Å². The Kier molecular flexibility index (Phi) is 6.22. The number of ether oxygens (including phenoxy) is 4. The molecule has 0 spiro atoms. The van der Waals surface area contributed by atoms with Gasteiger partial charge in [0.1, 0.15) is 11.9 Å². The Bertz CT molecular complexity index is 497. The van der Waals surface area contributed by atoms with Gasteiger partial charge in [-0.25, -0.2) is 0 Å². The summed E-state index contributed by atoms with van der Waals surface area (Å²) in [7, 11) is 3.34. The van der Waals surface area contributed by atoms with Gasteiger partial charge in [0.25, 0.3) is 0 Å². The Labute approximate surface area is 139 Å². The molecule has 23 heavy (non-hydrogen) atoms. The van der Waals surface area contributed by atoms with Crippen molar-refractivity contribution in [2.75, 3.05) is 14.2 Å². The zero-order chi connectivity index (χ0) is 17.0. The normalized spacial score (nSPS) is 29.3. The van der Waals surface area contributed by atoms with E-state index in [4.69, 9.17) is 18.9 Å². The number of hydrogen-bond acceptors (Lipinski definition) is 4. The van der Waals surface area contributed by atoms with Crippen LogP contribution in [0.5, 0.6) is 5.75 Å². The zero-order valence-corrected chi connectivity index (χ0v) is 14.7. The van der Waals surface area contributed by atoms with Crippen molar-refractivity contribution in [3.05, 3.63) is 42.5 Å². The van der Waals surface area contributed by atoms with Gasteiger partial charge in [-0.1, -0.05) is 39.0 Å². The second kappa shape index (κ2) is 7.95. The number of methoxy groups -OCH3 is 2. The smallest absolute Gasteiger partial charge is 0.184 e. The minimum atomic E-state index is -0.410. The van der Waals surface area contributed by atoms with Gasteiger partial charge >= 0.3 is 0 Å². The fourth-order valence-corrected chi connectivity index (χ4v) is 3.18. The summed E-state index contributed by atoms with van der Waals surface area (Å²) in [5, 5.41) is 0. The van der Waals surface area contributed by atoms with Crippen LogP contribution in [0.2, 0.25) is 0 Å². The third-order valence-corrected chi connectivity index (χ3v) is 4.47. The van der Waals surface area contributed by atoms with E-state index in [9.17, 15) is 0 Å². The molecule has 1 aromatic rings. The van der Waals surface area contributed by atoms with Crippen LogP contribution in [-0.4, -0.2) is 32.5 Å². The van der Waals surface area contributed by atoms with Gasteiger partial charge < -0.3 is 18.9 Å². The molecule has 5 atom stereocenters. The summed E-state index contributed by atoms with van der Waals surface area (Å²) >= 11 is 0. The molecule has 1 aliphatic rings. The van der Waals surface area contributed by atoms with E-state index < -0.39 is 6.29 Å². The minimum absolute atomic E-state index is 0.0919. The first-order valence-corrected chi connectivity index (χ1v) is 8.12. The molecule has 0 N–H and O–H groups in total. The first-order valence-electron chi connectivity index (χ1n) is 8.12. The van der Waals surface area contributed by atoms with E-state index in [1.807, 2.05) is 24.3 Å². The van der Waals surface area contributed by atoms with Crippen molar-refractivity contribution < 1.29 is 18.9 Å². The van der Waals surface area contributed by atoms with E-state index in [-0.39, 0.29) is 24.2 Å². The van der Waals surface area contributed by atoms with E-state index in [2.05, 4.69) is 27.4 Å². The van der Waals surface area contributed by atoms with Gasteiger partial charge in [0, 0.05) is 18.6 Å². The third-order valence-electron chi connectivity index (χ3n) is 4.47. The summed E-state index contributed by atoms with van der Waals surface area (Å²) in [6.07, 6.45) is 1.24. The highest BCUT2D eigenvalue weighted by Gasteiger charge is 2.41. The quantitative estimate of drug-likeness (QED) is 0.743. The van der Waals surface area contributed by atoms with Crippen molar-refractivity contribution in [2.24, 2.45) is 11.8 Å². The molecular formula is C19H28O4. The third kappa shape index (κ3) is 3.94. The van der Waals surface area contributed by atoms with Crippen LogP contribution in [0.15, 0.2) is 36.9 Å². The molecule has 0 amide bonds. The Balaban J connectivity index is 2.26. The van der Waals surface area contributed by atoms with E-state index in [1.54, 1.807) is 20.3 Å². The van der Waals surface area contributed by atoms with Crippen LogP contribution in [-0.2, 0) is 14.2 Å². The lowest BCUT2D eigenvalue weighted by Crippen LogP contribution is -2.49. The van der Waals surface area contributed by atoms with E-state index >= 15 is 0 Å². The maximum Gasteiger partial charge on any atom is 0.184 e. The van der Waals surface area contributed by atoms with Gasteiger partial charge in [-0.05, 0) is 18.1 Å². The molecule has 2 rings (SSSR count). The van der Waals surface area contributed by atoms with Crippen molar-refractivity contribution in [1.29, 1.82) is 0 Å². The number of benzene rings is 1. The fourth-order valence-electron chi connectivity index (χ4n) is 3.18. The molecule has 0 aromatic heterocycles. The molecule has 0 saturated carbocycles. The summed E-state index contributed by atoms with van der Waals surface area (Å²) in [5.74, 6) is 1.42. The molecule has 1 aromatic carbocycles. The summed E-state index contributed by atoms with van der Waals surface area (Å²) in [6, 6.07) is 7.79. The first-order chi connectivity index (χ1) is 11.0. The van der Waals surface area contributed by atoms with Gasteiger partial charge in [0.15, 0.2) is 6.29 Å². The molecule has 4 heteroatoms. The Morgan fingerprint density at radius 2 is 1.70 bits per heavy atom. The lowest BCUT2D eigenvalue weighted by Gasteiger charge is -2.44. The minimum Gasteiger partial charge on any atom is -0.497 e. The maximum absolute atomic E-state index is 6.24. The number of rotatable bonds is 6. The van der Waals surface area contributed by atoms with Gasteiger partial charge in [-0.2, -0.15) is 0 Å². The highest BCUT2D eigenvalue weighted by molar-refractivity contribution is 5.28. The van der Waals surface area contributed by atoms with Gasteiger partial charge in [-0.15, -0.1) is 6.58 Å². The van der Waals surface area contributed by atoms with Crippen LogP contribution in [0.25, 0.3) is 0 Å². The molecule has 0 radical (unpaired) electrons. The molecule has 1 heterocycles. The Morgan fingerprint density at radius 3 is 2.17 bits per heavy atom. The van der Waals surface area contributed by atoms with Crippen LogP contribution < -0.4 is 4.74 Å². The highest BCUT2D eigenvalue weighted by Crippen LogP contribution is 2.38. The fraction of sp³-hybridized carbons (Fsp3) is 0.579. The maximum atomic E-state index is 6.24. The largest absolute Gasteiger partial charge is 0.497 e. The van der Waals surface area contributed by atoms with Crippen LogP contribution in [0, 0.1) is 11.8 Å². The molecule has 4 nitrogen and oxygen atoms in total. The lowest BCUT2D eigenvalue weighted by atomic mass is 9.86. The molecular weight excluding hydrogens is 292 g/mol.